The van der Waals surface area contributed by atoms with Crippen molar-refractivity contribution in [1.82, 2.24) is 9.55 Å². The number of carbonyl (C=O) groups is 1. The molecule has 2 rings (SSSR count). The molecule has 1 atom stereocenters. The first-order valence-electron chi connectivity index (χ1n) is 7.36. The molecule has 0 aliphatic carbocycles. The van der Waals surface area contributed by atoms with Crippen LogP contribution in [-0.4, -0.2) is 32.3 Å². The van der Waals surface area contributed by atoms with E-state index in [0.29, 0.717) is 11.9 Å². The fourth-order valence-corrected chi connectivity index (χ4v) is 2.76. The fraction of sp³-hybridized carbons (Fsp3) is 0.500. The van der Waals surface area contributed by atoms with Crippen LogP contribution in [0.4, 0.5) is 0 Å². The van der Waals surface area contributed by atoms with E-state index in [0.717, 1.165) is 17.8 Å². The Bertz CT molecular complexity index is 646. The lowest BCUT2D eigenvalue weighted by Crippen LogP contribution is -2.14. The Balaban J connectivity index is 2.74. The summed E-state index contributed by atoms with van der Waals surface area (Å²) in [5.74, 6) is 0.0987. The first-order chi connectivity index (χ1) is 10.0. The van der Waals surface area contributed by atoms with E-state index in [1.807, 2.05) is 19.9 Å². The monoisotopic (exact) mass is 290 g/mol. The summed E-state index contributed by atoms with van der Waals surface area (Å²) in [6.45, 7) is 6.26. The number of rotatable bonds is 6. The van der Waals surface area contributed by atoms with Crippen molar-refractivity contribution in [3.05, 3.63) is 29.6 Å². The van der Waals surface area contributed by atoms with Gasteiger partial charge in [0.15, 0.2) is 0 Å². The van der Waals surface area contributed by atoms with Crippen molar-refractivity contribution in [3.8, 4) is 0 Å². The lowest BCUT2D eigenvalue weighted by molar-refractivity contribution is 0.0699. The van der Waals surface area contributed by atoms with Gasteiger partial charge in [-0.05, 0) is 25.0 Å². The largest absolute Gasteiger partial charge is 0.478 e. The van der Waals surface area contributed by atoms with Gasteiger partial charge in [-0.1, -0.05) is 26.8 Å². The summed E-state index contributed by atoms with van der Waals surface area (Å²) in [6.07, 6.45) is 1.50. The van der Waals surface area contributed by atoms with Gasteiger partial charge in [0, 0.05) is 18.6 Å². The Labute approximate surface area is 124 Å². The number of aromatic nitrogens is 2. The van der Waals surface area contributed by atoms with Gasteiger partial charge in [0.1, 0.15) is 11.3 Å². The summed E-state index contributed by atoms with van der Waals surface area (Å²) in [6, 6.07) is 5.36. The molecule has 5 heteroatoms. The number of carboxylic acids is 1. The van der Waals surface area contributed by atoms with E-state index in [1.54, 1.807) is 12.1 Å². The standard InChI is InChI=1S/C16H22N2O3/c1-4-11(8-9-19)18-13-7-5-6-12(16(20)21)14(13)17-15(18)10(2)3/h5-7,10-11,19H,4,8-9H2,1-3H3,(H,20,21). The predicted molar refractivity (Wildman–Crippen MR) is 81.8 cm³/mol. The number of nitrogens with zero attached hydrogens (tertiary/aromatic N) is 2. The maximum Gasteiger partial charge on any atom is 0.337 e. The average molecular weight is 290 g/mol. The molecule has 0 saturated carbocycles. The minimum absolute atomic E-state index is 0.105. The Morgan fingerprint density at radius 2 is 2.10 bits per heavy atom. The highest BCUT2D eigenvalue weighted by molar-refractivity contribution is 6.01. The van der Waals surface area contributed by atoms with Gasteiger partial charge in [0.25, 0.3) is 0 Å². The molecule has 2 N–H and O–H groups in total. The van der Waals surface area contributed by atoms with Gasteiger partial charge < -0.3 is 14.8 Å². The highest BCUT2D eigenvalue weighted by atomic mass is 16.4. The van der Waals surface area contributed by atoms with Crippen LogP contribution in [0.25, 0.3) is 11.0 Å². The van der Waals surface area contributed by atoms with Crippen LogP contribution in [0.1, 0.15) is 61.8 Å². The van der Waals surface area contributed by atoms with Crippen LogP contribution >= 0.6 is 0 Å². The maximum atomic E-state index is 11.4. The molecule has 1 unspecified atom stereocenters. The van der Waals surface area contributed by atoms with Gasteiger partial charge in [-0.2, -0.15) is 0 Å². The zero-order chi connectivity index (χ0) is 15.6. The molecule has 0 bridgehead atoms. The Morgan fingerprint density at radius 3 is 2.62 bits per heavy atom. The lowest BCUT2D eigenvalue weighted by Gasteiger charge is -2.21. The summed E-state index contributed by atoms with van der Waals surface area (Å²) < 4.78 is 2.10. The van der Waals surface area contributed by atoms with Crippen molar-refractivity contribution in [1.29, 1.82) is 0 Å². The molecule has 114 valence electrons. The Kier molecular flexibility index (Phi) is 4.63. The number of hydrogen-bond acceptors (Lipinski definition) is 3. The molecule has 0 aliphatic heterocycles. The van der Waals surface area contributed by atoms with E-state index in [-0.39, 0.29) is 24.1 Å². The van der Waals surface area contributed by atoms with Crippen LogP contribution in [0, 0.1) is 0 Å². The average Bonchev–Trinajstić information content (AvgIpc) is 2.84. The molecule has 0 amide bonds. The number of benzene rings is 1. The third kappa shape index (κ3) is 2.78. The van der Waals surface area contributed by atoms with Gasteiger partial charge in [-0.15, -0.1) is 0 Å². The van der Waals surface area contributed by atoms with Crippen molar-refractivity contribution >= 4 is 17.0 Å². The molecule has 1 heterocycles. The Hall–Kier alpha value is -1.88. The van der Waals surface area contributed by atoms with E-state index in [4.69, 9.17) is 0 Å². The van der Waals surface area contributed by atoms with Gasteiger partial charge in [0.2, 0.25) is 0 Å². The SMILES string of the molecule is CCC(CCO)n1c(C(C)C)nc2c(C(=O)O)cccc21. The topological polar surface area (TPSA) is 75.3 Å². The van der Waals surface area contributed by atoms with E-state index in [9.17, 15) is 15.0 Å². The normalized spacial score (nSPS) is 13.0. The van der Waals surface area contributed by atoms with Crippen LogP contribution in [0.3, 0.4) is 0 Å². The predicted octanol–water partition coefficient (Wildman–Crippen LogP) is 3.19. The molecule has 0 fully saturated rings. The van der Waals surface area contributed by atoms with Crippen molar-refractivity contribution < 1.29 is 15.0 Å². The zero-order valence-corrected chi connectivity index (χ0v) is 12.7. The number of aliphatic hydroxyl groups excluding tert-OH is 1. The van der Waals surface area contributed by atoms with Crippen molar-refractivity contribution in [2.75, 3.05) is 6.61 Å². The molecule has 2 aromatic rings. The summed E-state index contributed by atoms with van der Waals surface area (Å²) in [5.41, 5.74) is 1.59. The number of imidazole rings is 1. The van der Waals surface area contributed by atoms with E-state index in [1.165, 1.54) is 0 Å². The second-order valence-corrected chi connectivity index (χ2v) is 5.55. The molecular formula is C16H22N2O3. The fourth-order valence-electron chi connectivity index (χ4n) is 2.76. The zero-order valence-electron chi connectivity index (χ0n) is 12.7. The smallest absolute Gasteiger partial charge is 0.337 e. The number of aliphatic hydroxyl groups is 1. The van der Waals surface area contributed by atoms with E-state index >= 15 is 0 Å². The van der Waals surface area contributed by atoms with Gasteiger partial charge in [-0.3, -0.25) is 0 Å². The summed E-state index contributed by atoms with van der Waals surface area (Å²) in [5, 5.41) is 18.6. The van der Waals surface area contributed by atoms with E-state index in [2.05, 4.69) is 16.5 Å². The second kappa shape index (κ2) is 6.26. The third-order valence-electron chi connectivity index (χ3n) is 3.79. The van der Waals surface area contributed by atoms with Gasteiger partial charge in [0.05, 0.1) is 11.1 Å². The number of hydrogen-bond donors (Lipinski definition) is 2. The molecule has 0 radical (unpaired) electrons. The Morgan fingerprint density at radius 1 is 1.38 bits per heavy atom. The molecule has 1 aromatic carbocycles. The molecule has 1 aromatic heterocycles. The minimum atomic E-state index is -0.962. The van der Waals surface area contributed by atoms with Crippen molar-refractivity contribution in [3.63, 3.8) is 0 Å². The number of carboxylic acid groups (broad SMARTS) is 1. The van der Waals surface area contributed by atoms with Crippen LogP contribution in [0.15, 0.2) is 18.2 Å². The molecule has 0 spiro atoms. The number of aromatic carboxylic acids is 1. The van der Waals surface area contributed by atoms with Gasteiger partial charge >= 0.3 is 5.97 Å². The number of fused-ring (bicyclic) bond motifs is 1. The summed E-state index contributed by atoms with van der Waals surface area (Å²) in [7, 11) is 0. The second-order valence-electron chi connectivity index (χ2n) is 5.55. The van der Waals surface area contributed by atoms with Crippen LogP contribution in [-0.2, 0) is 0 Å². The molecule has 5 nitrogen and oxygen atoms in total. The van der Waals surface area contributed by atoms with Crippen LogP contribution < -0.4 is 0 Å². The van der Waals surface area contributed by atoms with Crippen LogP contribution in [0.2, 0.25) is 0 Å². The highest BCUT2D eigenvalue weighted by Gasteiger charge is 2.22. The van der Waals surface area contributed by atoms with E-state index < -0.39 is 5.97 Å². The maximum absolute atomic E-state index is 11.4. The van der Waals surface area contributed by atoms with Crippen molar-refractivity contribution in [2.24, 2.45) is 0 Å². The quantitative estimate of drug-likeness (QED) is 0.856. The van der Waals surface area contributed by atoms with Crippen molar-refractivity contribution in [2.45, 2.75) is 45.6 Å². The third-order valence-corrected chi connectivity index (χ3v) is 3.79. The highest BCUT2D eigenvalue weighted by Crippen LogP contribution is 2.30. The molecule has 0 aliphatic rings. The number of para-hydroxylation sites is 1. The lowest BCUT2D eigenvalue weighted by atomic mass is 10.1. The summed E-state index contributed by atoms with van der Waals surface area (Å²) in [4.78, 5) is 16.0. The first-order valence-corrected chi connectivity index (χ1v) is 7.36. The molecule has 21 heavy (non-hydrogen) atoms. The van der Waals surface area contributed by atoms with Gasteiger partial charge in [-0.25, -0.2) is 9.78 Å². The van der Waals surface area contributed by atoms with Crippen LogP contribution in [0.5, 0.6) is 0 Å². The first kappa shape index (κ1) is 15.5. The summed E-state index contributed by atoms with van der Waals surface area (Å²) >= 11 is 0. The molecule has 0 saturated heterocycles. The molecular weight excluding hydrogens is 268 g/mol. The minimum Gasteiger partial charge on any atom is -0.478 e.